The van der Waals surface area contributed by atoms with E-state index in [0.717, 1.165) is 19.6 Å². The van der Waals surface area contributed by atoms with Gasteiger partial charge in [-0.3, -0.25) is 9.69 Å². The minimum Gasteiger partial charge on any atom is -0.336 e. The van der Waals surface area contributed by atoms with Crippen molar-refractivity contribution in [2.45, 2.75) is 6.54 Å². The maximum atomic E-state index is 13.8. The first-order chi connectivity index (χ1) is 10.6. The first kappa shape index (κ1) is 15.5. The average Bonchev–Trinajstić information content (AvgIpc) is 3.00. The summed E-state index contributed by atoms with van der Waals surface area (Å²) in [7, 11) is 0. The molecule has 1 amide bonds. The number of benzene rings is 1. The monoisotopic (exact) mass is 338 g/mol. The van der Waals surface area contributed by atoms with E-state index in [9.17, 15) is 9.18 Å². The van der Waals surface area contributed by atoms with E-state index in [-0.39, 0.29) is 16.5 Å². The van der Waals surface area contributed by atoms with Crippen molar-refractivity contribution >= 4 is 28.8 Å². The first-order valence-corrected chi connectivity index (χ1v) is 8.44. The van der Waals surface area contributed by atoms with E-state index in [1.807, 2.05) is 0 Å². The highest BCUT2D eigenvalue weighted by Crippen LogP contribution is 2.22. The summed E-state index contributed by atoms with van der Waals surface area (Å²) in [6.07, 6.45) is 0. The summed E-state index contributed by atoms with van der Waals surface area (Å²) >= 11 is 7.66. The summed E-state index contributed by atoms with van der Waals surface area (Å²) < 4.78 is 13.8. The molecule has 0 aliphatic carbocycles. The van der Waals surface area contributed by atoms with Crippen molar-refractivity contribution in [2.75, 3.05) is 26.2 Å². The summed E-state index contributed by atoms with van der Waals surface area (Å²) in [6, 6.07) is 6.44. The molecule has 116 valence electrons. The van der Waals surface area contributed by atoms with Crippen LogP contribution in [0.1, 0.15) is 15.9 Å². The number of hydrogen-bond acceptors (Lipinski definition) is 3. The molecule has 1 aliphatic rings. The highest BCUT2D eigenvalue weighted by Gasteiger charge is 2.25. The molecule has 0 bridgehead atoms. The Labute approximate surface area is 137 Å². The summed E-state index contributed by atoms with van der Waals surface area (Å²) in [5.74, 6) is -0.878. The van der Waals surface area contributed by atoms with Gasteiger partial charge in [0, 0.05) is 32.7 Å². The molecular weight excluding hydrogens is 323 g/mol. The van der Waals surface area contributed by atoms with Crippen LogP contribution in [0, 0.1) is 5.82 Å². The van der Waals surface area contributed by atoms with Gasteiger partial charge in [-0.05, 0) is 34.5 Å². The lowest BCUT2D eigenvalue weighted by atomic mass is 10.1. The third-order valence-electron chi connectivity index (χ3n) is 3.82. The lowest BCUT2D eigenvalue weighted by Gasteiger charge is -2.34. The Hall–Kier alpha value is -1.43. The van der Waals surface area contributed by atoms with E-state index >= 15 is 0 Å². The smallest absolute Gasteiger partial charge is 0.258 e. The van der Waals surface area contributed by atoms with Gasteiger partial charge in [0.2, 0.25) is 0 Å². The van der Waals surface area contributed by atoms with Gasteiger partial charge in [-0.15, -0.1) is 0 Å². The van der Waals surface area contributed by atoms with Gasteiger partial charge in [0.15, 0.2) is 0 Å². The average molecular weight is 339 g/mol. The Bertz CT molecular complexity index is 634. The van der Waals surface area contributed by atoms with Crippen LogP contribution >= 0.6 is 22.9 Å². The molecule has 3 nitrogen and oxygen atoms in total. The van der Waals surface area contributed by atoms with Gasteiger partial charge in [0.25, 0.3) is 5.91 Å². The predicted molar refractivity (Wildman–Crippen MR) is 86.9 cm³/mol. The van der Waals surface area contributed by atoms with E-state index in [2.05, 4.69) is 21.7 Å². The summed E-state index contributed by atoms with van der Waals surface area (Å²) in [5.41, 5.74) is 1.28. The molecule has 1 saturated heterocycles. The van der Waals surface area contributed by atoms with Crippen molar-refractivity contribution in [3.8, 4) is 0 Å². The van der Waals surface area contributed by atoms with Crippen molar-refractivity contribution in [1.29, 1.82) is 0 Å². The molecule has 0 atom stereocenters. The van der Waals surface area contributed by atoms with Crippen molar-refractivity contribution in [3.63, 3.8) is 0 Å². The second kappa shape index (κ2) is 6.77. The highest BCUT2D eigenvalue weighted by atomic mass is 35.5. The van der Waals surface area contributed by atoms with Gasteiger partial charge in [0.05, 0.1) is 10.6 Å². The lowest BCUT2D eigenvalue weighted by Crippen LogP contribution is -2.48. The van der Waals surface area contributed by atoms with Crippen molar-refractivity contribution in [1.82, 2.24) is 9.80 Å². The number of halogens is 2. The van der Waals surface area contributed by atoms with E-state index in [1.165, 1.54) is 17.7 Å². The first-order valence-electron chi connectivity index (χ1n) is 7.12. The fourth-order valence-corrected chi connectivity index (χ4v) is 3.51. The molecule has 22 heavy (non-hydrogen) atoms. The number of amides is 1. The van der Waals surface area contributed by atoms with Crippen LogP contribution in [0.5, 0.6) is 0 Å². The molecule has 0 radical (unpaired) electrons. The Kier molecular flexibility index (Phi) is 4.76. The largest absolute Gasteiger partial charge is 0.336 e. The molecule has 2 heterocycles. The zero-order valence-electron chi connectivity index (χ0n) is 12.0. The van der Waals surface area contributed by atoms with Crippen LogP contribution in [-0.2, 0) is 6.54 Å². The number of nitrogens with zero attached hydrogens (tertiary/aromatic N) is 2. The molecule has 1 aliphatic heterocycles. The predicted octanol–water partition coefficient (Wildman–Crippen LogP) is 3.50. The summed E-state index contributed by atoms with van der Waals surface area (Å²) in [4.78, 5) is 16.4. The molecule has 0 N–H and O–H groups in total. The second-order valence-corrected chi connectivity index (χ2v) is 6.48. The molecule has 6 heteroatoms. The van der Waals surface area contributed by atoms with Crippen LogP contribution in [0.2, 0.25) is 5.02 Å². The zero-order valence-corrected chi connectivity index (χ0v) is 13.5. The molecule has 1 aromatic carbocycles. The Morgan fingerprint density at radius 3 is 2.64 bits per heavy atom. The fraction of sp³-hybridized carbons (Fsp3) is 0.312. The van der Waals surface area contributed by atoms with Crippen molar-refractivity contribution < 1.29 is 9.18 Å². The van der Waals surface area contributed by atoms with E-state index in [0.29, 0.717) is 13.1 Å². The Morgan fingerprint density at radius 1 is 1.23 bits per heavy atom. The van der Waals surface area contributed by atoms with Gasteiger partial charge < -0.3 is 4.90 Å². The van der Waals surface area contributed by atoms with Gasteiger partial charge >= 0.3 is 0 Å². The third kappa shape index (κ3) is 3.32. The van der Waals surface area contributed by atoms with Crippen LogP contribution in [0.25, 0.3) is 0 Å². The van der Waals surface area contributed by atoms with Crippen LogP contribution in [0.3, 0.4) is 0 Å². The van der Waals surface area contributed by atoms with Gasteiger partial charge in [-0.25, -0.2) is 4.39 Å². The molecule has 0 spiro atoms. The molecule has 0 unspecified atom stereocenters. The fourth-order valence-electron chi connectivity index (χ4n) is 2.61. The zero-order chi connectivity index (χ0) is 15.5. The topological polar surface area (TPSA) is 23.6 Å². The molecule has 1 aromatic heterocycles. The SMILES string of the molecule is O=C(c1c(F)cccc1Cl)N1CCN(Cc2ccsc2)CC1. The number of carbonyl (C=O) groups is 1. The number of carbonyl (C=O) groups excluding carboxylic acids is 1. The van der Waals surface area contributed by atoms with Gasteiger partial charge in [0.1, 0.15) is 5.82 Å². The van der Waals surface area contributed by atoms with Crippen molar-refractivity contribution in [2.24, 2.45) is 0 Å². The molecule has 1 fully saturated rings. The quantitative estimate of drug-likeness (QED) is 0.855. The molecule has 3 rings (SSSR count). The number of piperazine rings is 1. The summed E-state index contributed by atoms with van der Waals surface area (Å²) in [6.45, 7) is 3.65. The Balaban J connectivity index is 1.62. The summed E-state index contributed by atoms with van der Waals surface area (Å²) in [5, 5.41) is 4.37. The van der Waals surface area contributed by atoms with E-state index in [4.69, 9.17) is 11.6 Å². The number of rotatable bonds is 3. The minimum atomic E-state index is -0.557. The standard InChI is InChI=1S/C16H16ClFN2OS/c17-13-2-1-3-14(18)15(13)16(21)20-7-5-19(6-8-20)10-12-4-9-22-11-12/h1-4,9,11H,5-8,10H2. The van der Waals surface area contributed by atoms with Crippen LogP contribution in [-0.4, -0.2) is 41.9 Å². The van der Waals surface area contributed by atoms with E-state index < -0.39 is 5.82 Å². The van der Waals surface area contributed by atoms with Crippen molar-refractivity contribution in [3.05, 3.63) is 57.0 Å². The lowest BCUT2D eigenvalue weighted by molar-refractivity contribution is 0.0624. The van der Waals surface area contributed by atoms with E-state index in [1.54, 1.807) is 22.3 Å². The molecular formula is C16H16ClFN2OS. The molecule has 0 saturated carbocycles. The van der Waals surface area contributed by atoms with Crippen LogP contribution < -0.4 is 0 Å². The van der Waals surface area contributed by atoms with Gasteiger partial charge in [-0.1, -0.05) is 17.7 Å². The van der Waals surface area contributed by atoms with Gasteiger partial charge in [-0.2, -0.15) is 11.3 Å². The number of thiophene rings is 1. The highest BCUT2D eigenvalue weighted by molar-refractivity contribution is 7.07. The van der Waals surface area contributed by atoms with Crippen LogP contribution in [0.4, 0.5) is 4.39 Å². The third-order valence-corrected chi connectivity index (χ3v) is 4.87. The minimum absolute atomic E-state index is 0.0181. The number of hydrogen-bond donors (Lipinski definition) is 0. The Morgan fingerprint density at radius 2 is 2.00 bits per heavy atom. The molecule has 2 aromatic rings. The maximum absolute atomic E-state index is 13.8. The maximum Gasteiger partial charge on any atom is 0.258 e. The van der Waals surface area contributed by atoms with Crippen LogP contribution in [0.15, 0.2) is 35.0 Å². The second-order valence-electron chi connectivity index (χ2n) is 5.30. The normalized spacial score (nSPS) is 16.0.